The van der Waals surface area contributed by atoms with Crippen molar-refractivity contribution in [1.82, 2.24) is 4.57 Å². The molecule has 2 aliphatic rings. The van der Waals surface area contributed by atoms with Crippen LogP contribution in [-0.4, -0.2) is 4.57 Å². The van der Waals surface area contributed by atoms with Gasteiger partial charge in [0.25, 0.3) is 0 Å². The predicted molar refractivity (Wildman–Crippen MR) is 66.3 cm³/mol. The lowest BCUT2D eigenvalue weighted by Crippen LogP contribution is -2.01. The Morgan fingerprint density at radius 3 is 3.06 bits per heavy atom. The topological polar surface area (TPSA) is 4.93 Å². The van der Waals surface area contributed by atoms with Crippen molar-refractivity contribution < 1.29 is 0 Å². The van der Waals surface area contributed by atoms with E-state index < -0.39 is 0 Å². The van der Waals surface area contributed by atoms with Crippen molar-refractivity contribution in [2.75, 3.05) is 0 Å². The summed E-state index contributed by atoms with van der Waals surface area (Å²) in [7, 11) is 2.11. The Kier molecular flexibility index (Phi) is 1.40. The second-order valence-electron chi connectivity index (χ2n) is 4.79. The molecule has 78 valence electrons. The van der Waals surface area contributed by atoms with E-state index in [-0.39, 0.29) is 0 Å². The molecule has 4 rings (SSSR count). The summed E-state index contributed by atoms with van der Waals surface area (Å²) in [4.78, 5) is 0. The maximum atomic E-state index is 2.30. The number of hydrogen-bond acceptors (Lipinski definition) is 0. The SMILES string of the molecule is Cn1cc2c(c1)C1CC=Cc3cccc-2c31. The highest BCUT2D eigenvalue weighted by Gasteiger charge is 2.32. The molecule has 0 saturated carbocycles. The summed E-state index contributed by atoms with van der Waals surface area (Å²) in [6.45, 7) is 0. The third-order valence-corrected chi connectivity index (χ3v) is 3.81. The average Bonchev–Trinajstić information content (AvgIpc) is 2.80. The summed E-state index contributed by atoms with van der Waals surface area (Å²) in [6.07, 6.45) is 10.3. The third-order valence-electron chi connectivity index (χ3n) is 3.81. The van der Waals surface area contributed by atoms with Crippen molar-refractivity contribution in [3.8, 4) is 11.1 Å². The molecule has 0 saturated heterocycles. The molecule has 16 heavy (non-hydrogen) atoms. The first kappa shape index (κ1) is 8.40. The first-order valence-corrected chi connectivity index (χ1v) is 5.80. The van der Waals surface area contributed by atoms with Crippen molar-refractivity contribution in [2.24, 2.45) is 7.05 Å². The highest BCUT2D eigenvalue weighted by atomic mass is 14.9. The maximum Gasteiger partial charge on any atom is 0.0157 e. The fraction of sp³-hybridized carbons (Fsp3) is 0.200. The molecule has 0 aliphatic heterocycles. The molecule has 0 amide bonds. The number of nitrogens with zero attached hydrogens (tertiary/aromatic N) is 1. The summed E-state index contributed by atoms with van der Waals surface area (Å²) in [6, 6.07) is 6.66. The predicted octanol–water partition coefficient (Wildman–Crippen LogP) is 3.55. The molecule has 1 nitrogen and oxygen atoms in total. The van der Waals surface area contributed by atoms with Crippen LogP contribution in [0, 0.1) is 0 Å². The smallest absolute Gasteiger partial charge is 0.0157 e. The Morgan fingerprint density at radius 2 is 2.12 bits per heavy atom. The zero-order valence-corrected chi connectivity index (χ0v) is 9.27. The van der Waals surface area contributed by atoms with E-state index >= 15 is 0 Å². The highest BCUT2D eigenvalue weighted by Crippen LogP contribution is 2.50. The molecule has 0 fully saturated rings. The van der Waals surface area contributed by atoms with Gasteiger partial charge in [0.2, 0.25) is 0 Å². The van der Waals surface area contributed by atoms with Crippen LogP contribution in [0.3, 0.4) is 0 Å². The first-order chi connectivity index (χ1) is 7.84. The molecule has 2 aromatic rings. The molecular weight excluding hydrogens is 194 g/mol. The maximum absolute atomic E-state index is 2.30. The zero-order valence-electron chi connectivity index (χ0n) is 9.27. The summed E-state index contributed by atoms with van der Waals surface area (Å²) in [5.41, 5.74) is 7.35. The molecule has 0 bridgehead atoms. The standard InChI is InChI=1S/C15H13N/c1-16-8-13-11-6-2-4-10-5-3-7-12(15(10)11)14(13)9-16/h2-6,8-9,12H,7H2,1H3. The molecule has 0 radical (unpaired) electrons. The van der Waals surface area contributed by atoms with E-state index in [0.29, 0.717) is 5.92 Å². The van der Waals surface area contributed by atoms with Crippen LogP contribution in [0.25, 0.3) is 17.2 Å². The molecule has 0 N–H and O–H groups in total. The van der Waals surface area contributed by atoms with Gasteiger partial charge in [0, 0.05) is 30.9 Å². The van der Waals surface area contributed by atoms with Gasteiger partial charge in [-0.3, -0.25) is 0 Å². The van der Waals surface area contributed by atoms with Crippen LogP contribution in [0.1, 0.15) is 29.0 Å². The first-order valence-electron chi connectivity index (χ1n) is 5.80. The largest absolute Gasteiger partial charge is 0.356 e. The lowest BCUT2D eigenvalue weighted by atomic mass is 9.87. The molecule has 2 aliphatic carbocycles. The van der Waals surface area contributed by atoms with E-state index in [9.17, 15) is 0 Å². The molecule has 1 heteroatoms. The minimum absolute atomic E-state index is 0.604. The van der Waals surface area contributed by atoms with Gasteiger partial charge in [0.1, 0.15) is 0 Å². The number of aromatic nitrogens is 1. The van der Waals surface area contributed by atoms with Crippen molar-refractivity contribution in [1.29, 1.82) is 0 Å². The Balaban J connectivity index is 2.11. The normalized spacial score (nSPS) is 19.7. The quantitative estimate of drug-likeness (QED) is 0.622. The van der Waals surface area contributed by atoms with E-state index in [4.69, 9.17) is 0 Å². The van der Waals surface area contributed by atoms with Gasteiger partial charge in [0.05, 0.1) is 0 Å². The number of hydrogen-bond donors (Lipinski definition) is 0. The average molecular weight is 207 g/mol. The minimum Gasteiger partial charge on any atom is -0.356 e. The van der Waals surface area contributed by atoms with Gasteiger partial charge in [-0.05, 0) is 28.7 Å². The van der Waals surface area contributed by atoms with Crippen molar-refractivity contribution in [3.63, 3.8) is 0 Å². The number of aryl methyl sites for hydroxylation is 1. The molecule has 1 atom stereocenters. The minimum atomic E-state index is 0.604. The van der Waals surface area contributed by atoms with Crippen molar-refractivity contribution in [3.05, 3.63) is 53.4 Å². The second kappa shape index (κ2) is 2.67. The van der Waals surface area contributed by atoms with Crippen LogP contribution in [0.15, 0.2) is 36.7 Å². The molecule has 1 unspecified atom stereocenters. The molecule has 1 aromatic carbocycles. The van der Waals surface area contributed by atoms with Gasteiger partial charge in [0.15, 0.2) is 0 Å². The van der Waals surface area contributed by atoms with E-state index in [1.54, 1.807) is 5.56 Å². The van der Waals surface area contributed by atoms with Gasteiger partial charge >= 0.3 is 0 Å². The molecule has 0 spiro atoms. The zero-order chi connectivity index (χ0) is 10.7. The fourth-order valence-corrected chi connectivity index (χ4v) is 3.19. The Morgan fingerprint density at radius 1 is 1.19 bits per heavy atom. The molecule has 1 heterocycles. The summed E-state index contributed by atoms with van der Waals surface area (Å²) >= 11 is 0. The van der Waals surface area contributed by atoms with Gasteiger partial charge in [-0.15, -0.1) is 0 Å². The number of rotatable bonds is 0. The van der Waals surface area contributed by atoms with E-state index in [1.165, 1.54) is 22.3 Å². The molecule has 1 aromatic heterocycles. The van der Waals surface area contributed by atoms with Crippen LogP contribution >= 0.6 is 0 Å². The van der Waals surface area contributed by atoms with Crippen LogP contribution in [0.4, 0.5) is 0 Å². The Hall–Kier alpha value is -1.76. The van der Waals surface area contributed by atoms with E-state index in [1.807, 2.05) is 0 Å². The molecular formula is C15H13N. The lowest BCUT2D eigenvalue weighted by molar-refractivity contribution is 0.826. The number of allylic oxidation sites excluding steroid dienone is 1. The second-order valence-corrected chi connectivity index (χ2v) is 4.79. The van der Waals surface area contributed by atoms with E-state index in [2.05, 4.69) is 54.4 Å². The van der Waals surface area contributed by atoms with Crippen molar-refractivity contribution >= 4 is 6.08 Å². The Bertz CT molecular complexity index is 616. The van der Waals surface area contributed by atoms with Crippen LogP contribution < -0.4 is 0 Å². The van der Waals surface area contributed by atoms with E-state index in [0.717, 1.165) is 6.42 Å². The van der Waals surface area contributed by atoms with Crippen LogP contribution in [0.2, 0.25) is 0 Å². The van der Waals surface area contributed by atoms with Gasteiger partial charge in [-0.25, -0.2) is 0 Å². The van der Waals surface area contributed by atoms with Gasteiger partial charge in [-0.1, -0.05) is 30.4 Å². The number of fused-ring (bicyclic) bond motifs is 3. The van der Waals surface area contributed by atoms with Gasteiger partial charge in [-0.2, -0.15) is 0 Å². The number of benzene rings is 1. The summed E-state index contributed by atoms with van der Waals surface area (Å²) < 4.78 is 2.18. The Labute approximate surface area is 95.0 Å². The van der Waals surface area contributed by atoms with Crippen LogP contribution in [-0.2, 0) is 7.05 Å². The summed E-state index contributed by atoms with van der Waals surface area (Å²) in [5, 5.41) is 0. The summed E-state index contributed by atoms with van der Waals surface area (Å²) in [5.74, 6) is 0.604. The monoisotopic (exact) mass is 207 g/mol. The van der Waals surface area contributed by atoms with Gasteiger partial charge < -0.3 is 4.57 Å². The van der Waals surface area contributed by atoms with Crippen LogP contribution in [0.5, 0.6) is 0 Å². The fourth-order valence-electron chi connectivity index (χ4n) is 3.19. The third kappa shape index (κ3) is 0.867. The highest BCUT2D eigenvalue weighted by molar-refractivity contribution is 5.83. The lowest BCUT2D eigenvalue weighted by Gasteiger charge is -2.17. The van der Waals surface area contributed by atoms with Crippen molar-refractivity contribution in [2.45, 2.75) is 12.3 Å².